The van der Waals surface area contributed by atoms with Gasteiger partial charge in [0.25, 0.3) is 0 Å². The average Bonchev–Trinajstić information content (AvgIpc) is 2.82. The SMILES string of the molecule is COc1ccc(OC)c(CN(C(=O)CCSF)c2cc(F)ccc2Oc2ccccc2)c1. The van der Waals surface area contributed by atoms with E-state index in [2.05, 4.69) is 0 Å². The minimum atomic E-state index is -0.532. The van der Waals surface area contributed by atoms with E-state index in [0.29, 0.717) is 28.6 Å². The fourth-order valence-electron chi connectivity index (χ4n) is 3.15. The monoisotopic (exact) mass is 459 g/mol. The maximum absolute atomic E-state index is 14.3. The van der Waals surface area contributed by atoms with E-state index in [4.69, 9.17) is 14.2 Å². The van der Waals surface area contributed by atoms with Gasteiger partial charge in [0.1, 0.15) is 23.1 Å². The Balaban J connectivity index is 2.05. The van der Waals surface area contributed by atoms with Crippen molar-refractivity contribution in [1.29, 1.82) is 0 Å². The highest BCUT2D eigenvalue weighted by molar-refractivity contribution is 7.94. The number of para-hydroxylation sites is 1. The zero-order valence-corrected chi connectivity index (χ0v) is 18.5. The van der Waals surface area contributed by atoms with Crippen molar-refractivity contribution in [2.45, 2.75) is 13.0 Å². The molecule has 0 aromatic heterocycles. The largest absolute Gasteiger partial charge is 0.497 e. The summed E-state index contributed by atoms with van der Waals surface area (Å²) in [7, 11) is 3.05. The van der Waals surface area contributed by atoms with E-state index in [9.17, 15) is 13.1 Å². The van der Waals surface area contributed by atoms with Crippen LogP contribution < -0.4 is 19.1 Å². The fraction of sp³-hybridized carbons (Fsp3) is 0.208. The van der Waals surface area contributed by atoms with E-state index in [0.717, 1.165) is 0 Å². The predicted molar refractivity (Wildman–Crippen MR) is 122 cm³/mol. The number of ether oxygens (including phenoxy) is 3. The van der Waals surface area contributed by atoms with E-state index >= 15 is 0 Å². The molecule has 3 aromatic carbocycles. The molecular weight excluding hydrogens is 436 g/mol. The Labute approximate surface area is 190 Å². The van der Waals surface area contributed by atoms with Crippen LogP contribution in [0.5, 0.6) is 23.0 Å². The van der Waals surface area contributed by atoms with Crippen molar-refractivity contribution in [2.75, 3.05) is 24.9 Å². The van der Waals surface area contributed by atoms with Gasteiger partial charge in [-0.25, -0.2) is 4.39 Å². The van der Waals surface area contributed by atoms with Crippen LogP contribution in [-0.2, 0) is 11.3 Å². The lowest BCUT2D eigenvalue weighted by Gasteiger charge is -2.26. The molecule has 3 rings (SSSR count). The van der Waals surface area contributed by atoms with E-state index < -0.39 is 5.82 Å². The molecule has 32 heavy (non-hydrogen) atoms. The normalized spacial score (nSPS) is 10.5. The minimum absolute atomic E-state index is 0.0191. The third-order valence-corrected chi connectivity index (χ3v) is 5.05. The maximum Gasteiger partial charge on any atom is 0.228 e. The number of benzene rings is 3. The molecule has 0 aliphatic carbocycles. The van der Waals surface area contributed by atoms with E-state index in [1.807, 2.05) is 6.07 Å². The van der Waals surface area contributed by atoms with Crippen LogP contribution in [0.1, 0.15) is 12.0 Å². The van der Waals surface area contributed by atoms with E-state index in [1.54, 1.807) is 42.5 Å². The lowest BCUT2D eigenvalue weighted by Crippen LogP contribution is -2.31. The third-order valence-electron chi connectivity index (χ3n) is 4.69. The number of methoxy groups -OCH3 is 2. The summed E-state index contributed by atoms with van der Waals surface area (Å²) in [5, 5.41) is 0. The van der Waals surface area contributed by atoms with E-state index in [1.165, 1.54) is 37.3 Å². The Morgan fingerprint density at radius 1 is 0.938 bits per heavy atom. The quantitative estimate of drug-likeness (QED) is 0.363. The van der Waals surface area contributed by atoms with Gasteiger partial charge in [-0.15, -0.1) is 0 Å². The van der Waals surface area contributed by atoms with Crippen LogP contribution in [-0.4, -0.2) is 25.9 Å². The second kappa shape index (κ2) is 11.4. The highest BCUT2D eigenvalue weighted by Gasteiger charge is 2.23. The first kappa shape index (κ1) is 23.4. The van der Waals surface area contributed by atoms with Crippen LogP contribution in [0.4, 0.5) is 14.0 Å². The van der Waals surface area contributed by atoms with Crippen molar-refractivity contribution >= 4 is 23.7 Å². The number of hydrogen-bond acceptors (Lipinski definition) is 5. The van der Waals surface area contributed by atoms with Crippen molar-refractivity contribution in [1.82, 2.24) is 0 Å². The van der Waals surface area contributed by atoms with Gasteiger partial charge in [0.15, 0.2) is 5.75 Å². The molecule has 0 saturated carbocycles. The van der Waals surface area contributed by atoms with Gasteiger partial charge in [0.2, 0.25) is 5.91 Å². The first-order valence-electron chi connectivity index (χ1n) is 9.83. The molecule has 5 nitrogen and oxygen atoms in total. The Hall–Kier alpha value is -3.26. The lowest BCUT2D eigenvalue weighted by atomic mass is 10.1. The molecule has 0 aliphatic rings. The molecule has 168 valence electrons. The van der Waals surface area contributed by atoms with Gasteiger partial charge in [-0.05, 0) is 42.5 Å². The molecule has 0 aliphatic heterocycles. The lowest BCUT2D eigenvalue weighted by molar-refractivity contribution is -0.118. The van der Waals surface area contributed by atoms with Crippen molar-refractivity contribution in [3.8, 4) is 23.0 Å². The number of carbonyl (C=O) groups excluding carboxylic acids is 1. The van der Waals surface area contributed by atoms with Crippen molar-refractivity contribution < 1.29 is 27.3 Å². The number of carbonyl (C=O) groups is 1. The fourth-order valence-corrected chi connectivity index (χ4v) is 3.40. The topological polar surface area (TPSA) is 48.0 Å². The van der Waals surface area contributed by atoms with Crippen molar-refractivity contribution in [3.63, 3.8) is 0 Å². The molecule has 0 fully saturated rings. The molecule has 1 amide bonds. The van der Waals surface area contributed by atoms with Gasteiger partial charge in [-0.3, -0.25) is 4.79 Å². The van der Waals surface area contributed by atoms with Gasteiger partial charge < -0.3 is 19.1 Å². The molecule has 3 aromatic rings. The van der Waals surface area contributed by atoms with Crippen LogP contribution >= 0.6 is 12.1 Å². The number of nitrogens with zero attached hydrogens (tertiary/aromatic N) is 1. The zero-order chi connectivity index (χ0) is 22.9. The first-order valence-corrected chi connectivity index (χ1v) is 10.7. The van der Waals surface area contributed by atoms with Crippen LogP contribution in [0, 0.1) is 5.82 Å². The van der Waals surface area contributed by atoms with Gasteiger partial charge in [0.05, 0.1) is 26.5 Å². The second-order valence-electron chi connectivity index (χ2n) is 6.75. The summed E-state index contributed by atoms with van der Waals surface area (Å²) >= 11 is 0.0750. The van der Waals surface area contributed by atoms with Gasteiger partial charge >= 0.3 is 0 Å². The summed E-state index contributed by atoms with van der Waals surface area (Å²) in [6, 6.07) is 18.1. The van der Waals surface area contributed by atoms with Crippen molar-refractivity contribution in [2.24, 2.45) is 0 Å². The molecule has 0 unspecified atom stereocenters. The summed E-state index contributed by atoms with van der Waals surface area (Å²) in [5.41, 5.74) is 0.871. The standard InChI is InChI=1S/C24H23F2NO4S/c1-29-20-9-11-22(30-2)17(14-20)16-27(24(28)12-13-32-26)21-15-18(25)8-10-23(21)31-19-6-4-3-5-7-19/h3-11,14-15H,12-13,16H2,1-2H3. The summed E-state index contributed by atoms with van der Waals surface area (Å²) in [4.78, 5) is 14.4. The second-order valence-corrected chi connectivity index (χ2v) is 7.37. The Morgan fingerprint density at radius 2 is 1.69 bits per heavy atom. The van der Waals surface area contributed by atoms with Gasteiger partial charge in [-0.2, -0.15) is 3.89 Å². The van der Waals surface area contributed by atoms with Crippen LogP contribution in [0.3, 0.4) is 0 Å². The summed E-state index contributed by atoms with van der Waals surface area (Å²) in [6.45, 7) is 0.0464. The number of hydrogen-bond donors (Lipinski definition) is 0. The molecule has 0 heterocycles. The Bertz CT molecular complexity index is 1050. The highest BCUT2D eigenvalue weighted by atomic mass is 32.2. The smallest absolute Gasteiger partial charge is 0.228 e. The molecule has 0 radical (unpaired) electrons. The molecule has 0 N–H and O–H groups in total. The van der Waals surface area contributed by atoms with Crippen LogP contribution in [0.25, 0.3) is 0 Å². The molecular formula is C24H23F2NO4S. The molecule has 0 spiro atoms. The zero-order valence-electron chi connectivity index (χ0n) is 17.7. The third kappa shape index (κ3) is 5.91. The maximum atomic E-state index is 14.3. The van der Waals surface area contributed by atoms with Gasteiger partial charge in [0, 0.05) is 36.0 Å². The molecule has 0 saturated heterocycles. The molecule has 0 atom stereocenters. The number of halogens is 2. The molecule has 8 heteroatoms. The van der Waals surface area contributed by atoms with Crippen molar-refractivity contribution in [3.05, 3.63) is 78.1 Å². The summed E-state index contributed by atoms with van der Waals surface area (Å²) in [6.07, 6.45) is -0.0747. The number of anilines is 1. The van der Waals surface area contributed by atoms with E-state index in [-0.39, 0.29) is 42.5 Å². The Kier molecular flexibility index (Phi) is 8.33. The average molecular weight is 460 g/mol. The van der Waals surface area contributed by atoms with Crippen LogP contribution in [0.2, 0.25) is 0 Å². The predicted octanol–water partition coefficient (Wildman–Crippen LogP) is 6.18. The highest BCUT2D eigenvalue weighted by Crippen LogP contribution is 2.36. The Morgan fingerprint density at radius 3 is 2.38 bits per heavy atom. The number of amides is 1. The first-order chi connectivity index (χ1) is 15.5. The van der Waals surface area contributed by atoms with Crippen LogP contribution in [0.15, 0.2) is 66.7 Å². The minimum Gasteiger partial charge on any atom is -0.497 e. The summed E-state index contributed by atoms with van der Waals surface area (Å²) < 4.78 is 43.6. The molecule has 0 bridgehead atoms. The summed E-state index contributed by atoms with van der Waals surface area (Å²) in [5.74, 6) is 0.998. The van der Waals surface area contributed by atoms with Gasteiger partial charge in [-0.1, -0.05) is 18.2 Å². The number of rotatable bonds is 10.